The third-order valence-electron chi connectivity index (χ3n) is 2.78. The highest BCUT2D eigenvalue weighted by molar-refractivity contribution is 5.87. The molecule has 1 atom stereocenters. The molecule has 0 fully saturated rings. The number of nitrogens with one attached hydrogen (secondary N) is 1. The minimum Gasteiger partial charge on any atom is -0.497 e. The standard InChI is InChI=1S/C14H20N2O3/c1-9(2)14(18)16-12(13(15)17)8-10-4-6-11(19-3)7-5-10/h4-7,9,12H,8H2,1-3H3,(H2,15,17)(H,16,18)/t12-/m0/s1. The van der Waals surface area contributed by atoms with Crippen LogP contribution in [0.4, 0.5) is 0 Å². The fourth-order valence-electron chi connectivity index (χ4n) is 1.56. The highest BCUT2D eigenvalue weighted by Crippen LogP contribution is 2.12. The Labute approximate surface area is 113 Å². The number of primary amides is 1. The van der Waals surface area contributed by atoms with Gasteiger partial charge in [0.15, 0.2) is 0 Å². The van der Waals surface area contributed by atoms with Crippen molar-refractivity contribution >= 4 is 11.8 Å². The van der Waals surface area contributed by atoms with Crippen molar-refractivity contribution in [3.63, 3.8) is 0 Å². The highest BCUT2D eigenvalue weighted by atomic mass is 16.5. The molecule has 1 aromatic carbocycles. The lowest BCUT2D eigenvalue weighted by atomic mass is 10.0. The number of carbonyl (C=O) groups excluding carboxylic acids is 2. The molecule has 0 unspecified atom stereocenters. The number of hydrogen-bond acceptors (Lipinski definition) is 3. The molecule has 0 aliphatic carbocycles. The Hall–Kier alpha value is -2.04. The first-order valence-electron chi connectivity index (χ1n) is 6.16. The molecule has 19 heavy (non-hydrogen) atoms. The maximum absolute atomic E-state index is 11.6. The number of benzene rings is 1. The van der Waals surface area contributed by atoms with E-state index < -0.39 is 11.9 Å². The summed E-state index contributed by atoms with van der Waals surface area (Å²) in [4.78, 5) is 23.0. The third-order valence-corrected chi connectivity index (χ3v) is 2.78. The van der Waals surface area contributed by atoms with Gasteiger partial charge >= 0.3 is 0 Å². The Morgan fingerprint density at radius 2 is 1.84 bits per heavy atom. The highest BCUT2D eigenvalue weighted by Gasteiger charge is 2.19. The lowest BCUT2D eigenvalue weighted by Crippen LogP contribution is -2.47. The van der Waals surface area contributed by atoms with Crippen LogP contribution in [0, 0.1) is 5.92 Å². The number of ether oxygens (including phenoxy) is 1. The van der Waals surface area contributed by atoms with E-state index in [4.69, 9.17) is 10.5 Å². The zero-order chi connectivity index (χ0) is 14.4. The Balaban J connectivity index is 2.72. The molecule has 0 aromatic heterocycles. The maximum Gasteiger partial charge on any atom is 0.240 e. The van der Waals surface area contributed by atoms with Crippen molar-refractivity contribution in [3.8, 4) is 5.75 Å². The van der Waals surface area contributed by atoms with Crippen LogP contribution >= 0.6 is 0 Å². The molecule has 0 radical (unpaired) electrons. The van der Waals surface area contributed by atoms with Crippen LogP contribution in [0.1, 0.15) is 19.4 Å². The van der Waals surface area contributed by atoms with Gasteiger partial charge in [0.1, 0.15) is 11.8 Å². The summed E-state index contributed by atoms with van der Waals surface area (Å²) in [5, 5.41) is 2.65. The van der Waals surface area contributed by atoms with Crippen molar-refractivity contribution in [1.29, 1.82) is 0 Å². The van der Waals surface area contributed by atoms with E-state index >= 15 is 0 Å². The van der Waals surface area contributed by atoms with Crippen LogP contribution in [0.25, 0.3) is 0 Å². The summed E-state index contributed by atoms with van der Waals surface area (Å²) in [6.45, 7) is 3.53. The molecule has 3 N–H and O–H groups in total. The van der Waals surface area contributed by atoms with E-state index in [1.807, 2.05) is 12.1 Å². The fourth-order valence-corrected chi connectivity index (χ4v) is 1.56. The van der Waals surface area contributed by atoms with Gasteiger partial charge in [-0.25, -0.2) is 0 Å². The zero-order valence-corrected chi connectivity index (χ0v) is 11.5. The zero-order valence-electron chi connectivity index (χ0n) is 11.5. The van der Waals surface area contributed by atoms with Crippen LogP contribution in [-0.2, 0) is 16.0 Å². The Bertz CT molecular complexity index is 441. The van der Waals surface area contributed by atoms with E-state index in [9.17, 15) is 9.59 Å². The molecule has 0 aliphatic heterocycles. The van der Waals surface area contributed by atoms with Crippen molar-refractivity contribution < 1.29 is 14.3 Å². The molecule has 104 valence electrons. The van der Waals surface area contributed by atoms with Gasteiger partial charge in [0.25, 0.3) is 0 Å². The van der Waals surface area contributed by atoms with Gasteiger partial charge < -0.3 is 15.8 Å². The van der Waals surface area contributed by atoms with Gasteiger partial charge in [0.2, 0.25) is 11.8 Å². The normalized spacial score (nSPS) is 12.0. The molecule has 1 rings (SSSR count). The van der Waals surface area contributed by atoms with E-state index in [2.05, 4.69) is 5.32 Å². The van der Waals surface area contributed by atoms with Crippen molar-refractivity contribution in [1.82, 2.24) is 5.32 Å². The Morgan fingerprint density at radius 3 is 2.26 bits per heavy atom. The van der Waals surface area contributed by atoms with Crippen LogP contribution in [-0.4, -0.2) is 25.0 Å². The summed E-state index contributed by atoms with van der Waals surface area (Å²) in [5.74, 6) is -0.162. The number of amides is 2. The first kappa shape index (κ1) is 15.0. The number of methoxy groups -OCH3 is 1. The average Bonchev–Trinajstić information content (AvgIpc) is 2.38. The van der Waals surface area contributed by atoms with Gasteiger partial charge in [-0.2, -0.15) is 0 Å². The smallest absolute Gasteiger partial charge is 0.240 e. The van der Waals surface area contributed by atoms with E-state index in [1.165, 1.54) is 0 Å². The van der Waals surface area contributed by atoms with Crippen LogP contribution in [0.2, 0.25) is 0 Å². The van der Waals surface area contributed by atoms with Crippen molar-refractivity contribution in [2.45, 2.75) is 26.3 Å². The first-order chi connectivity index (χ1) is 8.93. The second kappa shape index (κ2) is 6.78. The monoisotopic (exact) mass is 264 g/mol. The van der Waals surface area contributed by atoms with Gasteiger partial charge in [0, 0.05) is 12.3 Å². The molecule has 0 bridgehead atoms. The molecule has 0 saturated heterocycles. The van der Waals surface area contributed by atoms with Gasteiger partial charge in [-0.1, -0.05) is 26.0 Å². The average molecular weight is 264 g/mol. The maximum atomic E-state index is 11.6. The van der Waals surface area contributed by atoms with Crippen molar-refractivity contribution in [3.05, 3.63) is 29.8 Å². The van der Waals surface area contributed by atoms with Gasteiger partial charge in [-0.15, -0.1) is 0 Å². The molecule has 0 aliphatic rings. The second-order valence-corrected chi connectivity index (χ2v) is 4.67. The van der Waals surface area contributed by atoms with Crippen LogP contribution in [0.5, 0.6) is 5.75 Å². The fraction of sp³-hybridized carbons (Fsp3) is 0.429. The van der Waals surface area contributed by atoms with Crippen molar-refractivity contribution in [2.75, 3.05) is 7.11 Å². The molecule has 1 aromatic rings. The van der Waals surface area contributed by atoms with E-state index in [0.717, 1.165) is 11.3 Å². The van der Waals surface area contributed by atoms with E-state index in [0.29, 0.717) is 6.42 Å². The number of hydrogen-bond donors (Lipinski definition) is 2. The molecule has 2 amide bonds. The Kier molecular flexibility index (Phi) is 5.36. The quantitative estimate of drug-likeness (QED) is 0.799. The SMILES string of the molecule is COc1ccc(C[C@H](NC(=O)C(C)C)C(N)=O)cc1. The van der Waals surface area contributed by atoms with Gasteiger partial charge in [-0.05, 0) is 17.7 Å². The minimum absolute atomic E-state index is 0.183. The van der Waals surface area contributed by atoms with E-state index in [-0.39, 0.29) is 11.8 Å². The predicted octanol–water partition coefficient (Wildman–Crippen LogP) is 0.864. The van der Waals surface area contributed by atoms with E-state index in [1.54, 1.807) is 33.1 Å². The molecular formula is C14H20N2O3. The summed E-state index contributed by atoms with van der Waals surface area (Å²) < 4.78 is 5.06. The summed E-state index contributed by atoms with van der Waals surface area (Å²) in [7, 11) is 1.59. The molecule has 0 saturated carbocycles. The summed E-state index contributed by atoms with van der Waals surface area (Å²) in [6, 6.07) is 6.60. The topological polar surface area (TPSA) is 81.4 Å². The predicted molar refractivity (Wildman–Crippen MR) is 72.7 cm³/mol. The minimum atomic E-state index is -0.691. The molecular weight excluding hydrogens is 244 g/mol. The molecule has 5 heteroatoms. The first-order valence-corrected chi connectivity index (χ1v) is 6.16. The lowest BCUT2D eigenvalue weighted by molar-refractivity contribution is -0.129. The molecule has 0 spiro atoms. The summed E-state index contributed by atoms with van der Waals surface area (Å²) >= 11 is 0. The largest absolute Gasteiger partial charge is 0.497 e. The third kappa shape index (κ3) is 4.62. The number of rotatable bonds is 6. The molecule has 5 nitrogen and oxygen atoms in total. The van der Waals surface area contributed by atoms with Crippen LogP contribution in [0.15, 0.2) is 24.3 Å². The van der Waals surface area contributed by atoms with Crippen LogP contribution < -0.4 is 15.8 Å². The summed E-state index contributed by atoms with van der Waals surface area (Å²) in [5.41, 5.74) is 6.22. The molecule has 0 heterocycles. The number of carbonyl (C=O) groups is 2. The summed E-state index contributed by atoms with van der Waals surface area (Å²) in [6.07, 6.45) is 0.373. The van der Waals surface area contributed by atoms with Crippen LogP contribution in [0.3, 0.4) is 0 Å². The van der Waals surface area contributed by atoms with Gasteiger partial charge in [-0.3, -0.25) is 9.59 Å². The second-order valence-electron chi connectivity index (χ2n) is 4.67. The van der Waals surface area contributed by atoms with Crippen molar-refractivity contribution in [2.24, 2.45) is 11.7 Å². The Morgan fingerprint density at radius 1 is 1.26 bits per heavy atom. The van der Waals surface area contributed by atoms with Gasteiger partial charge in [0.05, 0.1) is 7.11 Å². The number of nitrogens with two attached hydrogens (primary N) is 1. The lowest BCUT2D eigenvalue weighted by Gasteiger charge is -2.17.